The number of sulfonamides is 1. The summed E-state index contributed by atoms with van der Waals surface area (Å²) < 4.78 is 69.4. The number of ether oxygens (including phenoxy) is 1. The molecule has 0 N–H and O–H groups in total. The van der Waals surface area contributed by atoms with Crippen molar-refractivity contribution in [3.05, 3.63) is 28.8 Å². The number of halogens is 4. The van der Waals surface area contributed by atoms with Gasteiger partial charge in [-0.3, -0.25) is 0 Å². The molecular weight excluding hydrogens is 331 g/mol. The molecule has 1 atom stereocenters. The Kier molecular flexibility index (Phi) is 4.53. The Bertz CT molecular complexity index is 633. The summed E-state index contributed by atoms with van der Waals surface area (Å²) in [7, 11) is -4.09. The van der Waals surface area contributed by atoms with Gasteiger partial charge < -0.3 is 4.74 Å². The van der Waals surface area contributed by atoms with Gasteiger partial charge in [0.2, 0.25) is 10.0 Å². The van der Waals surface area contributed by atoms with Crippen LogP contribution < -0.4 is 0 Å². The fourth-order valence-corrected chi connectivity index (χ4v) is 4.02. The third-order valence-corrected chi connectivity index (χ3v) is 5.43. The number of benzene rings is 1. The molecule has 0 radical (unpaired) electrons. The van der Waals surface area contributed by atoms with Crippen LogP contribution in [0.15, 0.2) is 23.1 Å². The minimum atomic E-state index is -4.63. The van der Waals surface area contributed by atoms with Gasteiger partial charge in [0.15, 0.2) is 0 Å². The average Bonchev–Trinajstić information content (AvgIpc) is 2.37. The van der Waals surface area contributed by atoms with Crippen LogP contribution in [0.3, 0.4) is 0 Å². The first kappa shape index (κ1) is 16.5. The fraction of sp³-hybridized carbons (Fsp3) is 0.500. The Balaban J connectivity index is 2.44. The Labute approximate surface area is 125 Å². The second-order valence-corrected chi connectivity index (χ2v) is 7.00. The van der Waals surface area contributed by atoms with Crippen molar-refractivity contribution in [1.29, 1.82) is 0 Å². The first-order valence-electron chi connectivity index (χ1n) is 6.11. The average molecular weight is 344 g/mol. The lowest BCUT2D eigenvalue weighted by molar-refractivity contribution is -0.137. The van der Waals surface area contributed by atoms with E-state index < -0.39 is 26.7 Å². The Morgan fingerprint density at radius 2 is 2.05 bits per heavy atom. The van der Waals surface area contributed by atoms with Gasteiger partial charge in [-0.15, -0.1) is 0 Å². The summed E-state index contributed by atoms with van der Waals surface area (Å²) in [6.07, 6.45) is -4.95. The van der Waals surface area contributed by atoms with Crippen molar-refractivity contribution in [3.63, 3.8) is 0 Å². The fourth-order valence-electron chi connectivity index (χ4n) is 2.02. The van der Waals surface area contributed by atoms with Crippen LogP contribution in [-0.2, 0) is 20.9 Å². The molecule has 1 aromatic carbocycles. The minimum Gasteiger partial charge on any atom is -0.376 e. The monoisotopic (exact) mass is 343 g/mol. The van der Waals surface area contributed by atoms with Crippen LogP contribution in [0.5, 0.6) is 0 Å². The molecule has 0 amide bonds. The van der Waals surface area contributed by atoms with Crippen molar-refractivity contribution >= 4 is 21.6 Å². The largest absolute Gasteiger partial charge is 0.416 e. The smallest absolute Gasteiger partial charge is 0.376 e. The number of hydrogen-bond donors (Lipinski definition) is 0. The molecule has 0 saturated carbocycles. The Hall–Kier alpha value is -0.830. The molecule has 0 unspecified atom stereocenters. The summed E-state index contributed by atoms with van der Waals surface area (Å²) in [4.78, 5) is -0.534. The highest BCUT2D eigenvalue weighted by Crippen LogP contribution is 2.34. The summed E-state index contributed by atoms with van der Waals surface area (Å²) in [6, 6.07) is 2.27. The lowest BCUT2D eigenvalue weighted by atomic mass is 10.2. The van der Waals surface area contributed by atoms with Gasteiger partial charge in [-0.05, 0) is 25.1 Å². The first-order chi connectivity index (χ1) is 9.62. The summed E-state index contributed by atoms with van der Waals surface area (Å²) in [5.41, 5.74) is -1.05. The normalized spacial score (nSPS) is 21.5. The zero-order valence-electron chi connectivity index (χ0n) is 11.0. The van der Waals surface area contributed by atoms with Crippen LogP contribution in [0.25, 0.3) is 0 Å². The molecule has 0 bridgehead atoms. The van der Waals surface area contributed by atoms with E-state index in [9.17, 15) is 21.6 Å². The lowest BCUT2D eigenvalue weighted by Crippen LogP contribution is -2.44. The van der Waals surface area contributed by atoms with E-state index >= 15 is 0 Å². The van der Waals surface area contributed by atoms with E-state index in [1.54, 1.807) is 6.92 Å². The topological polar surface area (TPSA) is 46.6 Å². The zero-order valence-corrected chi connectivity index (χ0v) is 12.6. The Morgan fingerprint density at radius 3 is 2.62 bits per heavy atom. The SMILES string of the molecule is C[C@H]1CN(S(=O)(=O)c2cc(C(F)(F)F)ccc2Cl)CCO1. The molecule has 1 aromatic rings. The molecule has 9 heteroatoms. The molecule has 0 spiro atoms. The van der Waals surface area contributed by atoms with Gasteiger partial charge in [0.25, 0.3) is 0 Å². The standard InChI is InChI=1S/C12H13ClF3NO3S/c1-8-7-17(4-5-20-8)21(18,19)11-6-9(12(14,15)16)2-3-10(11)13/h2-3,6,8H,4-5,7H2,1H3/t8-/m0/s1. The van der Waals surface area contributed by atoms with E-state index in [0.29, 0.717) is 6.07 Å². The van der Waals surface area contributed by atoms with Crippen LogP contribution in [0, 0.1) is 0 Å². The quantitative estimate of drug-likeness (QED) is 0.829. The second kappa shape index (κ2) is 5.75. The minimum absolute atomic E-state index is 0.0783. The van der Waals surface area contributed by atoms with Gasteiger partial charge in [-0.1, -0.05) is 11.6 Å². The van der Waals surface area contributed by atoms with E-state index in [-0.39, 0.29) is 30.8 Å². The maximum absolute atomic E-state index is 12.7. The van der Waals surface area contributed by atoms with E-state index in [1.807, 2.05) is 0 Å². The predicted octanol–water partition coefficient (Wildman–Crippen LogP) is 2.77. The second-order valence-electron chi connectivity index (χ2n) is 4.69. The first-order valence-corrected chi connectivity index (χ1v) is 7.92. The molecule has 1 aliphatic rings. The third kappa shape index (κ3) is 3.50. The van der Waals surface area contributed by atoms with Gasteiger partial charge in [0, 0.05) is 13.1 Å². The van der Waals surface area contributed by atoms with Crippen LogP contribution in [0.2, 0.25) is 5.02 Å². The number of rotatable bonds is 2. The number of nitrogens with zero attached hydrogens (tertiary/aromatic N) is 1. The van der Waals surface area contributed by atoms with Crippen molar-refractivity contribution in [3.8, 4) is 0 Å². The number of morpholine rings is 1. The molecule has 0 aromatic heterocycles. The van der Waals surface area contributed by atoms with Gasteiger partial charge in [0.1, 0.15) is 4.90 Å². The van der Waals surface area contributed by atoms with E-state index in [4.69, 9.17) is 16.3 Å². The van der Waals surface area contributed by atoms with Crippen LogP contribution in [-0.4, -0.2) is 38.5 Å². The maximum Gasteiger partial charge on any atom is 0.416 e. The highest BCUT2D eigenvalue weighted by Gasteiger charge is 2.35. The van der Waals surface area contributed by atoms with Crippen LogP contribution in [0.1, 0.15) is 12.5 Å². The molecule has 2 rings (SSSR count). The molecule has 118 valence electrons. The third-order valence-electron chi connectivity index (χ3n) is 3.08. The summed E-state index contributed by atoms with van der Waals surface area (Å²) >= 11 is 5.78. The predicted molar refractivity (Wildman–Crippen MR) is 70.6 cm³/mol. The highest BCUT2D eigenvalue weighted by molar-refractivity contribution is 7.89. The van der Waals surface area contributed by atoms with Crippen molar-refractivity contribution in [2.45, 2.75) is 24.1 Å². The zero-order chi connectivity index (χ0) is 15.8. The molecule has 21 heavy (non-hydrogen) atoms. The molecule has 1 fully saturated rings. The van der Waals surface area contributed by atoms with E-state index in [0.717, 1.165) is 16.4 Å². The molecule has 1 saturated heterocycles. The lowest BCUT2D eigenvalue weighted by Gasteiger charge is -2.30. The number of hydrogen-bond acceptors (Lipinski definition) is 3. The van der Waals surface area contributed by atoms with E-state index in [2.05, 4.69) is 0 Å². The maximum atomic E-state index is 12.7. The van der Waals surface area contributed by atoms with Gasteiger partial charge in [-0.2, -0.15) is 17.5 Å². The van der Waals surface area contributed by atoms with Crippen molar-refractivity contribution in [2.75, 3.05) is 19.7 Å². The van der Waals surface area contributed by atoms with Crippen molar-refractivity contribution in [2.24, 2.45) is 0 Å². The van der Waals surface area contributed by atoms with Crippen molar-refractivity contribution < 1.29 is 26.3 Å². The summed E-state index contributed by atoms with van der Waals surface area (Å²) in [5, 5.41) is -0.234. The molecule has 1 aliphatic heterocycles. The van der Waals surface area contributed by atoms with Gasteiger partial charge in [-0.25, -0.2) is 8.42 Å². The molecule has 4 nitrogen and oxygen atoms in total. The molecular formula is C12H13ClF3NO3S. The number of alkyl halides is 3. The summed E-state index contributed by atoms with van der Waals surface area (Å²) in [6.45, 7) is 2.04. The Morgan fingerprint density at radius 1 is 1.38 bits per heavy atom. The van der Waals surface area contributed by atoms with Crippen molar-refractivity contribution in [1.82, 2.24) is 4.31 Å². The summed E-state index contributed by atoms with van der Waals surface area (Å²) in [5.74, 6) is 0. The van der Waals surface area contributed by atoms with Crippen LogP contribution in [0.4, 0.5) is 13.2 Å². The van der Waals surface area contributed by atoms with Gasteiger partial charge >= 0.3 is 6.18 Å². The van der Waals surface area contributed by atoms with E-state index in [1.165, 1.54) is 0 Å². The molecule has 1 heterocycles. The molecule has 0 aliphatic carbocycles. The van der Waals surface area contributed by atoms with Crippen LogP contribution >= 0.6 is 11.6 Å². The highest BCUT2D eigenvalue weighted by atomic mass is 35.5. The van der Waals surface area contributed by atoms with Gasteiger partial charge in [0.05, 0.1) is 23.3 Å².